The quantitative estimate of drug-likeness (QED) is 0.273. The maximum absolute atomic E-state index is 5.57. The topological polar surface area (TPSA) is 24.7 Å². The minimum absolute atomic E-state index is 0.0622. The van der Waals surface area contributed by atoms with E-state index in [1.54, 1.807) is 14.2 Å². The van der Waals surface area contributed by atoms with Crippen molar-refractivity contribution < 1.29 is 14.0 Å². The van der Waals surface area contributed by atoms with E-state index in [0.29, 0.717) is 13.2 Å². The number of ether oxygens (including phenoxy) is 2. The molecule has 4 heteroatoms. The number of hydrogen-bond donors (Lipinski definition) is 0. The van der Waals surface area contributed by atoms with Crippen LogP contribution in [-0.2, 0) is 22.7 Å². The van der Waals surface area contributed by atoms with E-state index in [1.807, 2.05) is 0 Å². The molecule has 2 unspecified atom stereocenters. The average Bonchev–Trinajstić information content (AvgIpc) is 3.31. The second-order valence-electron chi connectivity index (χ2n) is 8.76. The van der Waals surface area contributed by atoms with Crippen LogP contribution in [0.15, 0.2) is 109 Å². The Morgan fingerprint density at radius 3 is 1.86 bits per heavy atom. The molecule has 176 valence electrons. The lowest BCUT2D eigenvalue weighted by Gasteiger charge is -2.25. The molecule has 0 aromatic heterocycles. The summed E-state index contributed by atoms with van der Waals surface area (Å²) in [5.74, 6) is 0. The predicted molar refractivity (Wildman–Crippen MR) is 141 cm³/mol. The highest BCUT2D eigenvalue weighted by molar-refractivity contribution is 5.82. The smallest absolute Gasteiger partial charge is 0.245 e. The first kappa shape index (κ1) is 23.0. The van der Waals surface area contributed by atoms with Gasteiger partial charge in [-0.05, 0) is 12.1 Å². The van der Waals surface area contributed by atoms with Crippen molar-refractivity contribution in [2.24, 2.45) is 0 Å². The fraction of sp³-hybridized carbons (Fsp3) is 0.194. The molecule has 2 atom stereocenters. The standard InChI is InChI=1S/C31H31N2O2/c1-34-21-26-17-9-11-19-28(26)32-23-33(29-20-12-10-18-27(29)22-35-2)31(25-15-7-4-8-16-25)30(32)24-13-5-3-6-14-24/h3-20,23,30-31H,21-22H2,1-2H3/q+1. The number of benzene rings is 4. The normalized spacial score (nSPS) is 17.4. The molecule has 0 bridgehead atoms. The summed E-state index contributed by atoms with van der Waals surface area (Å²) >= 11 is 0. The molecule has 1 aliphatic heterocycles. The molecule has 0 aliphatic carbocycles. The highest BCUT2D eigenvalue weighted by Gasteiger charge is 2.46. The summed E-state index contributed by atoms with van der Waals surface area (Å²) < 4.78 is 13.6. The molecule has 35 heavy (non-hydrogen) atoms. The van der Waals surface area contributed by atoms with E-state index in [4.69, 9.17) is 9.47 Å². The van der Waals surface area contributed by atoms with E-state index in [-0.39, 0.29) is 12.1 Å². The van der Waals surface area contributed by atoms with Gasteiger partial charge in [0.25, 0.3) is 0 Å². The predicted octanol–water partition coefficient (Wildman–Crippen LogP) is 6.65. The lowest BCUT2D eigenvalue weighted by molar-refractivity contribution is -0.482. The zero-order chi connectivity index (χ0) is 24.0. The number of anilines is 1. The van der Waals surface area contributed by atoms with Gasteiger partial charge in [0.15, 0.2) is 12.1 Å². The first-order valence-corrected chi connectivity index (χ1v) is 12.0. The molecule has 0 amide bonds. The van der Waals surface area contributed by atoms with E-state index < -0.39 is 0 Å². The molecule has 0 saturated heterocycles. The molecule has 4 aromatic carbocycles. The highest BCUT2D eigenvalue weighted by Crippen LogP contribution is 2.46. The molecule has 4 aromatic rings. The Balaban J connectivity index is 1.75. The number of rotatable bonds is 8. The van der Waals surface area contributed by atoms with Gasteiger partial charge in [0.1, 0.15) is 11.4 Å². The Bertz CT molecular complexity index is 1290. The Morgan fingerprint density at radius 1 is 0.629 bits per heavy atom. The van der Waals surface area contributed by atoms with Gasteiger partial charge in [0, 0.05) is 36.5 Å². The van der Waals surface area contributed by atoms with Crippen molar-refractivity contribution in [2.45, 2.75) is 25.3 Å². The van der Waals surface area contributed by atoms with E-state index in [0.717, 1.165) is 22.5 Å². The molecule has 1 heterocycles. The van der Waals surface area contributed by atoms with Crippen LogP contribution in [0.1, 0.15) is 34.3 Å². The van der Waals surface area contributed by atoms with Crippen LogP contribution >= 0.6 is 0 Å². The van der Waals surface area contributed by atoms with Crippen LogP contribution in [0.2, 0.25) is 0 Å². The van der Waals surface area contributed by atoms with Crippen LogP contribution in [0.25, 0.3) is 0 Å². The molecule has 0 saturated carbocycles. The summed E-state index contributed by atoms with van der Waals surface area (Å²) in [7, 11) is 3.50. The summed E-state index contributed by atoms with van der Waals surface area (Å²) in [5, 5.41) is 0. The summed E-state index contributed by atoms with van der Waals surface area (Å²) in [5.41, 5.74) is 7.14. The zero-order valence-electron chi connectivity index (χ0n) is 20.2. The minimum Gasteiger partial charge on any atom is -0.380 e. The van der Waals surface area contributed by atoms with Gasteiger partial charge >= 0.3 is 0 Å². The number of hydrogen-bond acceptors (Lipinski definition) is 3. The molecule has 0 radical (unpaired) electrons. The second kappa shape index (κ2) is 10.7. The van der Waals surface area contributed by atoms with Crippen molar-refractivity contribution in [3.63, 3.8) is 0 Å². The van der Waals surface area contributed by atoms with Gasteiger partial charge in [-0.1, -0.05) is 97.1 Å². The summed E-state index contributed by atoms with van der Waals surface area (Å²) in [4.78, 5) is 2.41. The molecule has 5 rings (SSSR count). The first-order chi connectivity index (χ1) is 17.3. The molecule has 0 N–H and O–H groups in total. The van der Waals surface area contributed by atoms with Gasteiger partial charge in [-0.2, -0.15) is 0 Å². The van der Waals surface area contributed by atoms with Crippen LogP contribution in [0.4, 0.5) is 11.4 Å². The molecular formula is C31H31N2O2+. The number of nitrogens with zero attached hydrogens (tertiary/aromatic N) is 2. The molecule has 0 fully saturated rings. The van der Waals surface area contributed by atoms with Gasteiger partial charge in [0.2, 0.25) is 6.34 Å². The third-order valence-electron chi connectivity index (χ3n) is 6.57. The number of methoxy groups -OCH3 is 2. The van der Waals surface area contributed by atoms with Crippen molar-refractivity contribution in [1.29, 1.82) is 0 Å². The summed E-state index contributed by atoms with van der Waals surface area (Å²) in [6.45, 7) is 1.11. The van der Waals surface area contributed by atoms with Gasteiger partial charge in [-0.25, -0.2) is 9.48 Å². The monoisotopic (exact) mass is 463 g/mol. The Hall–Kier alpha value is -3.73. The Morgan fingerprint density at radius 2 is 1.17 bits per heavy atom. The van der Waals surface area contributed by atoms with E-state index >= 15 is 0 Å². The van der Waals surface area contributed by atoms with Crippen LogP contribution in [-0.4, -0.2) is 25.1 Å². The maximum Gasteiger partial charge on any atom is 0.245 e. The van der Waals surface area contributed by atoms with Crippen LogP contribution < -0.4 is 4.90 Å². The van der Waals surface area contributed by atoms with Crippen LogP contribution in [0.3, 0.4) is 0 Å². The average molecular weight is 464 g/mol. The third kappa shape index (κ3) is 4.63. The van der Waals surface area contributed by atoms with E-state index in [9.17, 15) is 0 Å². The third-order valence-corrected chi connectivity index (χ3v) is 6.57. The SMILES string of the molecule is COCc1ccccc1N1C=[N+](c2ccccc2COC)C(c2ccccc2)C1c1ccccc1. The molecular weight excluding hydrogens is 432 g/mol. The highest BCUT2D eigenvalue weighted by atomic mass is 16.5. The second-order valence-corrected chi connectivity index (χ2v) is 8.76. The van der Waals surface area contributed by atoms with Gasteiger partial charge in [0.05, 0.1) is 13.2 Å². The molecule has 0 spiro atoms. The van der Waals surface area contributed by atoms with Gasteiger partial charge in [-0.3, -0.25) is 0 Å². The molecule has 1 aliphatic rings. The van der Waals surface area contributed by atoms with Crippen molar-refractivity contribution in [3.05, 3.63) is 131 Å². The van der Waals surface area contributed by atoms with E-state index in [1.165, 1.54) is 11.1 Å². The van der Waals surface area contributed by atoms with E-state index in [2.05, 4.69) is 125 Å². The van der Waals surface area contributed by atoms with Gasteiger partial charge < -0.3 is 9.47 Å². The maximum atomic E-state index is 5.57. The van der Waals surface area contributed by atoms with Crippen LogP contribution in [0, 0.1) is 0 Å². The van der Waals surface area contributed by atoms with Crippen LogP contribution in [0.5, 0.6) is 0 Å². The first-order valence-electron chi connectivity index (χ1n) is 12.0. The summed E-state index contributed by atoms with van der Waals surface area (Å²) in [6, 6.07) is 38.7. The minimum atomic E-state index is 0.0622. The lowest BCUT2D eigenvalue weighted by atomic mass is 9.92. The van der Waals surface area contributed by atoms with Crippen molar-refractivity contribution in [3.8, 4) is 0 Å². The zero-order valence-corrected chi connectivity index (χ0v) is 20.2. The number of para-hydroxylation sites is 2. The largest absolute Gasteiger partial charge is 0.380 e. The van der Waals surface area contributed by atoms with Crippen molar-refractivity contribution in [2.75, 3.05) is 19.1 Å². The molecule has 4 nitrogen and oxygen atoms in total. The van der Waals surface area contributed by atoms with Crippen molar-refractivity contribution in [1.82, 2.24) is 0 Å². The Labute approximate surface area is 207 Å². The van der Waals surface area contributed by atoms with Crippen molar-refractivity contribution >= 4 is 17.7 Å². The fourth-order valence-electron chi connectivity index (χ4n) is 5.07. The fourth-order valence-corrected chi connectivity index (χ4v) is 5.07. The lowest BCUT2D eigenvalue weighted by Crippen LogP contribution is -2.27. The van der Waals surface area contributed by atoms with Gasteiger partial charge in [-0.15, -0.1) is 0 Å². The Kier molecular flexibility index (Phi) is 7.03. The summed E-state index contributed by atoms with van der Waals surface area (Å²) in [6.07, 6.45) is 2.26.